The molecule has 0 spiro atoms. The third-order valence-corrected chi connectivity index (χ3v) is 3.57. The summed E-state index contributed by atoms with van der Waals surface area (Å²) in [6, 6.07) is 7.06. The summed E-state index contributed by atoms with van der Waals surface area (Å²) in [6.45, 7) is 0. The van der Waals surface area contributed by atoms with Crippen molar-refractivity contribution in [1.82, 2.24) is 0 Å². The van der Waals surface area contributed by atoms with E-state index in [1.54, 1.807) is 0 Å². The summed E-state index contributed by atoms with van der Waals surface area (Å²) < 4.78 is 30.9. The second kappa shape index (κ2) is 6.17. The van der Waals surface area contributed by atoms with Gasteiger partial charge < -0.3 is 4.74 Å². The third-order valence-electron chi connectivity index (χ3n) is 2.75. The van der Waals surface area contributed by atoms with Gasteiger partial charge in [-0.3, -0.25) is 0 Å². The highest BCUT2D eigenvalue weighted by molar-refractivity contribution is 6.41. The molecular formula is C14H9Cl3F2O. The van der Waals surface area contributed by atoms with Crippen molar-refractivity contribution in [2.45, 2.75) is 6.43 Å². The Hall–Kier alpha value is -1.03. The molecule has 0 saturated carbocycles. The molecule has 0 radical (unpaired) electrons. The van der Waals surface area contributed by atoms with Crippen molar-refractivity contribution in [2.75, 3.05) is 7.11 Å². The van der Waals surface area contributed by atoms with Crippen LogP contribution in [0.15, 0.2) is 30.3 Å². The van der Waals surface area contributed by atoms with Crippen LogP contribution in [0.2, 0.25) is 15.1 Å². The van der Waals surface area contributed by atoms with E-state index in [1.807, 2.05) is 0 Å². The lowest BCUT2D eigenvalue weighted by atomic mass is 10.0. The van der Waals surface area contributed by atoms with Gasteiger partial charge in [0.1, 0.15) is 5.75 Å². The van der Waals surface area contributed by atoms with Gasteiger partial charge in [0.25, 0.3) is 6.43 Å². The molecular weight excluding hydrogens is 329 g/mol. The van der Waals surface area contributed by atoms with Crippen molar-refractivity contribution in [1.29, 1.82) is 0 Å². The number of alkyl halides is 2. The van der Waals surface area contributed by atoms with Gasteiger partial charge in [-0.1, -0.05) is 34.8 Å². The van der Waals surface area contributed by atoms with Crippen LogP contribution in [0.4, 0.5) is 8.78 Å². The van der Waals surface area contributed by atoms with E-state index in [9.17, 15) is 8.78 Å². The molecule has 0 aliphatic rings. The van der Waals surface area contributed by atoms with E-state index in [4.69, 9.17) is 39.5 Å². The highest BCUT2D eigenvalue weighted by Crippen LogP contribution is 2.42. The van der Waals surface area contributed by atoms with Gasteiger partial charge in [0.15, 0.2) is 0 Å². The molecule has 2 aromatic carbocycles. The molecule has 0 heterocycles. The summed E-state index contributed by atoms with van der Waals surface area (Å²) in [5.41, 5.74) is 0.678. The number of hydrogen-bond donors (Lipinski definition) is 0. The quantitative estimate of drug-likeness (QED) is 0.642. The summed E-state index contributed by atoms with van der Waals surface area (Å²) in [4.78, 5) is 0. The Bertz CT molecular complexity index is 621. The summed E-state index contributed by atoms with van der Waals surface area (Å²) in [5, 5.41) is 0.909. The minimum Gasteiger partial charge on any atom is -0.496 e. The number of benzene rings is 2. The average molecular weight is 338 g/mol. The van der Waals surface area contributed by atoms with Gasteiger partial charge in [0, 0.05) is 21.7 Å². The Morgan fingerprint density at radius 3 is 2.10 bits per heavy atom. The van der Waals surface area contributed by atoms with Crippen molar-refractivity contribution in [2.24, 2.45) is 0 Å². The van der Waals surface area contributed by atoms with Crippen LogP contribution < -0.4 is 4.74 Å². The molecule has 0 atom stereocenters. The fraction of sp³-hybridized carbons (Fsp3) is 0.143. The van der Waals surface area contributed by atoms with E-state index < -0.39 is 6.43 Å². The monoisotopic (exact) mass is 336 g/mol. The minimum atomic E-state index is -2.59. The minimum absolute atomic E-state index is 0.136. The van der Waals surface area contributed by atoms with E-state index in [0.717, 1.165) is 0 Å². The topological polar surface area (TPSA) is 9.23 Å². The molecule has 0 aliphatic carbocycles. The van der Waals surface area contributed by atoms with Crippen LogP contribution in [0.5, 0.6) is 5.75 Å². The molecule has 0 amide bonds. The predicted octanol–water partition coefficient (Wildman–Crippen LogP) is 6.26. The number of halogens is 5. The molecule has 106 valence electrons. The van der Waals surface area contributed by atoms with Crippen molar-refractivity contribution in [3.8, 4) is 16.9 Å². The number of hydrogen-bond acceptors (Lipinski definition) is 1. The largest absolute Gasteiger partial charge is 0.496 e. The number of rotatable bonds is 3. The van der Waals surface area contributed by atoms with Crippen LogP contribution in [0.1, 0.15) is 12.0 Å². The maximum atomic E-state index is 12.8. The first-order chi connectivity index (χ1) is 9.43. The van der Waals surface area contributed by atoms with E-state index in [-0.39, 0.29) is 15.6 Å². The molecule has 0 N–H and O–H groups in total. The number of ether oxygens (including phenoxy) is 1. The zero-order chi connectivity index (χ0) is 14.9. The van der Waals surface area contributed by atoms with Gasteiger partial charge in [-0.05, 0) is 30.3 Å². The van der Waals surface area contributed by atoms with Gasteiger partial charge in [0.2, 0.25) is 0 Å². The van der Waals surface area contributed by atoms with Gasteiger partial charge >= 0.3 is 0 Å². The van der Waals surface area contributed by atoms with Gasteiger partial charge in [0.05, 0.1) is 17.2 Å². The molecule has 0 saturated heterocycles. The maximum Gasteiger partial charge on any atom is 0.263 e. The van der Waals surface area contributed by atoms with Crippen LogP contribution >= 0.6 is 34.8 Å². The molecule has 2 rings (SSSR count). The van der Waals surface area contributed by atoms with Gasteiger partial charge in [-0.2, -0.15) is 0 Å². The molecule has 0 aromatic heterocycles. The first-order valence-corrected chi connectivity index (χ1v) is 6.68. The summed E-state index contributed by atoms with van der Waals surface area (Å²) in [6.07, 6.45) is -2.59. The average Bonchev–Trinajstić information content (AvgIpc) is 2.37. The van der Waals surface area contributed by atoms with Gasteiger partial charge in [-0.15, -0.1) is 0 Å². The molecule has 2 aromatic rings. The molecule has 1 nitrogen and oxygen atoms in total. The zero-order valence-electron chi connectivity index (χ0n) is 10.3. The van der Waals surface area contributed by atoms with Crippen LogP contribution in [0.25, 0.3) is 11.1 Å². The second-order valence-corrected chi connectivity index (χ2v) is 5.26. The van der Waals surface area contributed by atoms with Crippen LogP contribution in [-0.4, -0.2) is 7.11 Å². The fourth-order valence-electron chi connectivity index (χ4n) is 1.86. The van der Waals surface area contributed by atoms with E-state index in [1.165, 1.54) is 37.4 Å². The standard InChI is InChI=1S/C14H9Cl3F2O/c1-20-12-3-2-7(14(18)19)4-9(12)13-10(16)5-8(15)6-11(13)17/h2-6,14H,1H3. The Morgan fingerprint density at radius 2 is 1.60 bits per heavy atom. The normalized spacial score (nSPS) is 10.9. The van der Waals surface area contributed by atoms with Gasteiger partial charge in [-0.25, -0.2) is 8.78 Å². The lowest BCUT2D eigenvalue weighted by Gasteiger charge is -2.14. The lowest BCUT2D eigenvalue weighted by molar-refractivity contribution is 0.151. The van der Waals surface area contributed by atoms with Crippen LogP contribution in [0, 0.1) is 0 Å². The number of methoxy groups -OCH3 is 1. The van der Waals surface area contributed by atoms with Crippen molar-refractivity contribution in [3.05, 3.63) is 51.0 Å². The first kappa shape index (κ1) is 15.4. The van der Waals surface area contributed by atoms with Crippen molar-refractivity contribution >= 4 is 34.8 Å². The molecule has 20 heavy (non-hydrogen) atoms. The third kappa shape index (κ3) is 3.00. The first-order valence-electron chi connectivity index (χ1n) is 5.55. The zero-order valence-corrected chi connectivity index (χ0v) is 12.5. The highest BCUT2D eigenvalue weighted by Gasteiger charge is 2.17. The summed E-state index contributed by atoms with van der Waals surface area (Å²) in [5.74, 6) is 0.403. The van der Waals surface area contributed by atoms with Crippen molar-refractivity contribution in [3.63, 3.8) is 0 Å². The molecule has 0 unspecified atom stereocenters. The van der Waals surface area contributed by atoms with E-state index in [0.29, 0.717) is 21.9 Å². The SMILES string of the molecule is COc1ccc(C(F)F)cc1-c1c(Cl)cc(Cl)cc1Cl. The van der Waals surface area contributed by atoms with E-state index in [2.05, 4.69) is 0 Å². The lowest BCUT2D eigenvalue weighted by Crippen LogP contribution is -1.93. The Labute approximate surface area is 130 Å². The summed E-state index contributed by atoms with van der Waals surface area (Å²) >= 11 is 18.1. The smallest absolute Gasteiger partial charge is 0.263 e. The molecule has 0 bridgehead atoms. The Balaban J connectivity index is 2.70. The Morgan fingerprint density at radius 1 is 1.00 bits per heavy atom. The van der Waals surface area contributed by atoms with E-state index >= 15 is 0 Å². The molecule has 6 heteroatoms. The Kier molecular flexibility index (Phi) is 4.74. The highest BCUT2D eigenvalue weighted by atomic mass is 35.5. The predicted molar refractivity (Wildman–Crippen MR) is 78.4 cm³/mol. The second-order valence-electron chi connectivity index (χ2n) is 4.00. The maximum absolute atomic E-state index is 12.8. The van der Waals surface area contributed by atoms with Crippen molar-refractivity contribution < 1.29 is 13.5 Å². The van der Waals surface area contributed by atoms with Crippen LogP contribution in [-0.2, 0) is 0 Å². The fourth-order valence-corrected chi connectivity index (χ4v) is 2.88. The van der Waals surface area contributed by atoms with Crippen LogP contribution in [0.3, 0.4) is 0 Å². The molecule has 0 fully saturated rings. The molecule has 0 aliphatic heterocycles. The summed E-state index contributed by atoms with van der Waals surface area (Å²) in [7, 11) is 1.44.